The van der Waals surface area contributed by atoms with Crippen LogP contribution in [0.25, 0.3) is 0 Å². The Labute approximate surface area is 119 Å². The molecule has 1 heterocycles. The molecule has 0 bridgehead atoms. The number of hydrogen-bond donors (Lipinski definition) is 3. The number of aliphatic hydroxyl groups excluding tert-OH is 1. The van der Waals surface area contributed by atoms with Crippen LogP contribution >= 0.6 is 12.0 Å². The summed E-state index contributed by atoms with van der Waals surface area (Å²) in [6.45, 7) is 1.23. The molecule has 0 aliphatic carbocycles. The number of anilines is 1. The molecule has 0 saturated heterocycles. The molecule has 1 aromatic heterocycles. The molecule has 20 heavy (non-hydrogen) atoms. The predicted molar refractivity (Wildman–Crippen MR) is 71.6 cm³/mol. The van der Waals surface area contributed by atoms with Gasteiger partial charge in [0, 0.05) is 24.8 Å². The van der Waals surface area contributed by atoms with Gasteiger partial charge >= 0.3 is 0 Å². The second kappa shape index (κ2) is 11.5. The Hall–Kier alpha value is -1.37. The monoisotopic (exact) mass is 305 g/mol. The Morgan fingerprint density at radius 2 is 2.30 bits per heavy atom. The van der Waals surface area contributed by atoms with Crippen LogP contribution in [0.3, 0.4) is 0 Å². The van der Waals surface area contributed by atoms with Gasteiger partial charge in [0.05, 0.1) is 25.6 Å². The van der Waals surface area contributed by atoms with Crippen molar-refractivity contribution >= 4 is 30.2 Å². The molecule has 0 spiro atoms. The fourth-order valence-electron chi connectivity index (χ4n) is 1.04. The van der Waals surface area contributed by atoms with Crippen LogP contribution in [0.1, 0.15) is 0 Å². The summed E-state index contributed by atoms with van der Waals surface area (Å²) in [7, 11) is 0. The maximum Gasteiger partial charge on any atom is 0.253 e. The zero-order chi connectivity index (χ0) is 14.5. The highest BCUT2D eigenvalue weighted by molar-refractivity contribution is 7.95. The van der Waals surface area contributed by atoms with Crippen LogP contribution in [0.4, 0.5) is 11.9 Å². The van der Waals surface area contributed by atoms with Crippen molar-refractivity contribution in [2.75, 3.05) is 37.4 Å². The van der Waals surface area contributed by atoms with E-state index in [0.29, 0.717) is 31.5 Å². The van der Waals surface area contributed by atoms with E-state index >= 15 is 0 Å². The van der Waals surface area contributed by atoms with E-state index in [9.17, 15) is 0 Å². The second-order valence-corrected chi connectivity index (χ2v) is 3.82. The Morgan fingerprint density at radius 3 is 3.10 bits per heavy atom. The van der Waals surface area contributed by atoms with Crippen molar-refractivity contribution in [3.8, 4) is 0 Å². The van der Waals surface area contributed by atoms with Crippen molar-refractivity contribution in [1.29, 1.82) is 0 Å². The molecule has 0 aliphatic heterocycles. The Bertz CT molecular complexity index is 397. The van der Waals surface area contributed by atoms with E-state index in [4.69, 9.17) is 15.1 Å². The minimum atomic E-state index is -0.00628. The molecular formula is C9H15N5O5S. The Kier molecular flexibility index (Phi) is 9.56. The lowest BCUT2D eigenvalue weighted by Crippen LogP contribution is -2.13. The van der Waals surface area contributed by atoms with Crippen molar-refractivity contribution < 1.29 is 24.5 Å². The van der Waals surface area contributed by atoms with E-state index in [1.54, 1.807) is 0 Å². The van der Waals surface area contributed by atoms with Gasteiger partial charge in [0.25, 0.3) is 5.95 Å². The lowest BCUT2D eigenvalue weighted by Gasteiger charge is -2.04. The molecule has 0 amide bonds. The van der Waals surface area contributed by atoms with Gasteiger partial charge in [-0.15, -0.1) is 4.33 Å². The Balaban J connectivity index is 2.29. The number of nitrogens with one attached hydrogen (secondary N) is 1. The number of hydrogen-bond acceptors (Lipinski definition) is 11. The molecule has 3 N–H and O–H groups in total. The van der Waals surface area contributed by atoms with E-state index < -0.39 is 0 Å². The van der Waals surface area contributed by atoms with Gasteiger partial charge in [-0.3, -0.25) is 0 Å². The van der Waals surface area contributed by atoms with Crippen molar-refractivity contribution in [3.63, 3.8) is 0 Å². The van der Waals surface area contributed by atoms with Gasteiger partial charge in [-0.25, -0.2) is 15.2 Å². The van der Waals surface area contributed by atoms with Gasteiger partial charge in [-0.05, 0) is 0 Å². The standard InChI is InChI=1S/C9H15N5O5S/c15-3-5-17-4-1-10-8-12-7-13-9(14-8)11-2-6-20-19-18-16/h2,7,15-16H,1,3-6H2,(H,10,12,13,14)/b11-2-. The molecule has 0 atom stereocenters. The van der Waals surface area contributed by atoms with Crippen LogP contribution in [0.5, 0.6) is 0 Å². The first kappa shape index (κ1) is 16.7. The maximum atomic E-state index is 8.53. The van der Waals surface area contributed by atoms with E-state index in [-0.39, 0.29) is 12.6 Å². The summed E-state index contributed by atoms with van der Waals surface area (Å²) in [5.41, 5.74) is 0. The van der Waals surface area contributed by atoms with E-state index in [1.165, 1.54) is 12.5 Å². The normalized spacial score (nSPS) is 11.1. The highest BCUT2D eigenvalue weighted by Crippen LogP contribution is 2.05. The first-order chi connectivity index (χ1) is 9.86. The first-order valence-electron chi connectivity index (χ1n) is 5.60. The van der Waals surface area contributed by atoms with Gasteiger partial charge < -0.3 is 15.2 Å². The van der Waals surface area contributed by atoms with Crippen LogP contribution in [0, 0.1) is 0 Å². The quantitative estimate of drug-likeness (QED) is 0.169. The summed E-state index contributed by atoms with van der Waals surface area (Å²) in [4.78, 5) is 15.8. The third-order valence-corrected chi connectivity index (χ3v) is 2.19. The number of aliphatic imine (C=N–C) groups is 1. The van der Waals surface area contributed by atoms with Gasteiger partial charge in [-0.2, -0.15) is 9.97 Å². The van der Waals surface area contributed by atoms with Crippen LogP contribution in [-0.2, 0) is 14.1 Å². The Morgan fingerprint density at radius 1 is 1.40 bits per heavy atom. The van der Waals surface area contributed by atoms with Crippen LogP contribution in [0.15, 0.2) is 11.3 Å². The molecule has 0 aliphatic rings. The molecule has 11 heteroatoms. The van der Waals surface area contributed by atoms with Crippen molar-refractivity contribution in [3.05, 3.63) is 6.33 Å². The van der Waals surface area contributed by atoms with Crippen LogP contribution < -0.4 is 5.32 Å². The van der Waals surface area contributed by atoms with Gasteiger partial charge in [-0.1, -0.05) is 5.04 Å². The lowest BCUT2D eigenvalue weighted by molar-refractivity contribution is -0.432. The molecule has 10 nitrogen and oxygen atoms in total. The summed E-state index contributed by atoms with van der Waals surface area (Å²) >= 11 is 0.853. The van der Waals surface area contributed by atoms with Gasteiger partial charge in [0.15, 0.2) is 0 Å². The highest BCUT2D eigenvalue weighted by atomic mass is 32.2. The fourth-order valence-corrected chi connectivity index (χ4v) is 1.27. The molecule has 1 rings (SSSR count). The van der Waals surface area contributed by atoms with Crippen molar-refractivity contribution in [2.24, 2.45) is 4.99 Å². The SMILES string of the molecule is OCCOCCNc1ncnc(/N=C\CSOOO)n1. The summed E-state index contributed by atoms with van der Waals surface area (Å²) in [5.74, 6) is 0.968. The molecule has 112 valence electrons. The number of ether oxygens (including phenoxy) is 1. The van der Waals surface area contributed by atoms with E-state index in [0.717, 1.165) is 12.0 Å². The van der Waals surface area contributed by atoms with Gasteiger partial charge in [0.1, 0.15) is 6.33 Å². The van der Waals surface area contributed by atoms with Crippen molar-refractivity contribution in [2.45, 2.75) is 0 Å². The molecule has 0 saturated carbocycles. The topological polar surface area (TPSA) is 131 Å². The number of rotatable bonds is 11. The van der Waals surface area contributed by atoms with E-state index in [2.05, 4.69) is 34.6 Å². The lowest BCUT2D eigenvalue weighted by atomic mass is 10.6. The number of nitrogens with zero attached hydrogens (tertiary/aromatic N) is 4. The highest BCUT2D eigenvalue weighted by Gasteiger charge is 1.98. The number of aliphatic hydroxyl groups is 1. The average molecular weight is 305 g/mol. The second-order valence-electron chi connectivity index (χ2n) is 3.11. The third kappa shape index (κ3) is 7.93. The first-order valence-corrected chi connectivity index (χ1v) is 6.51. The largest absolute Gasteiger partial charge is 0.394 e. The van der Waals surface area contributed by atoms with Gasteiger partial charge in [0.2, 0.25) is 5.95 Å². The van der Waals surface area contributed by atoms with Crippen molar-refractivity contribution in [1.82, 2.24) is 15.0 Å². The summed E-state index contributed by atoms with van der Waals surface area (Å²) in [6, 6.07) is 0. The predicted octanol–water partition coefficient (Wildman–Crippen LogP) is 0.0641. The molecular weight excluding hydrogens is 290 g/mol. The fraction of sp³-hybridized carbons (Fsp3) is 0.556. The average Bonchev–Trinajstić information content (AvgIpc) is 2.47. The molecule has 0 aromatic carbocycles. The molecule has 0 unspecified atom stereocenters. The zero-order valence-corrected chi connectivity index (χ0v) is 11.3. The number of aromatic nitrogens is 3. The smallest absolute Gasteiger partial charge is 0.253 e. The minimum absolute atomic E-state index is 0.00628. The summed E-state index contributed by atoms with van der Waals surface area (Å²) in [5, 5.41) is 22.8. The van der Waals surface area contributed by atoms with Crippen LogP contribution in [-0.4, -0.2) is 63.6 Å². The maximum absolute atomic E-state index is 8.53. The third-order valence-electron chi connectivity index (χ3n) is 1.75. The summed E-state index contributed by atoms with van der Waals surface area (Å²) < 4.78 is 9.24. The van der Waals surface area contributed by atoms with Crippen LogP contribution in [0.2, 0.25) is 0 Å². The molecule has 0 fully saturated rings. The van der Waals surface area contributed by atoms with E-state index in [1.807, 2.05) is 0 Å². The molecule has 1 aromatic rings. The molecule has 0 radical (unpaired) electrons. The summed E-state index contributed by atoms with van der Waals surface area (Å²) in [6.07, 6.45) is 2.82. The minimum Gasteiger partial charge on any atom is -0.394 e. The zero-order valence-electron chi connectivity index (χ0n) is 10.5.